The Morgan fingerprint density at radius 1 is 1.42 bits per heavy atom. The van der Waals surface area contributed by atoms with E-state index in [1.165, 1.54) is 19.2 Å². The Bertz CT molecular complexity index is 907. The Hall–Kier alpha value is -2.60. The molecule has 7 heteroatoms. The molecule has 2 aromatic heterocycles. The molecule has 0 spiro atoms. The number of rotatable bonds is 5. The molecule has 24 heavy (non-hydrogen) atoms. The lowest BCUT2D eigenvalue weighted by Gasteiger charge is -2.08. The van der Waals surface area contributed by atoms with E-state index in [1.807, 2.05) is 6.92 Å². The number of halogens is 1. The number of carbonyl (C=O) groups is 1. The highest BCUT2D eigenvalue weighted by atomic mass is 35.5. The maximum absolute atomic E-state index is 11.2. The normalized spacial score (nSPS) is 12.3. The van der Waals surface area contributed by atoms with Gasteiger partial charge in [-0.1, -0.05) is 18.5 Å². The van der Waals surface area contributed by atoms with Crippen LogP contribution >= 0.6 is 11.6 Å². The predicted octanol–water partition coefficient (Wildman–Crippen LogP) is 3.93. The van der Waals surface area contributed by atoms with Crippen molar-refractivity contribution in [2.24, 2.45) is 0 Å². The molecule has 0 saturated carbocycles. The predicted molar refractivity (Wildman–Crippen MR) is 88.9 cm³/mol. The number of fused-ring (bicyclic) bond motifs is 1. The summed E-state index contributed by atoms with van der Waals surface area (Å²) in [6, 6.07) is 6.41. The molecule has 0 saturated heterocycles. The van der Waals surface area contributed by atoms with Crippen LogP contribution in [-0.4, -0.2) is 28.2 Å². The molecule has 0 bridgehead atoms. The van der Waals surface area contributed by atoms with E-state index in [1.54, 1.807) is 18.3 Å². The summed E-state index contributed by atoms with van der Waals surface area (Å²) in [7, 11) is 1.46. The van der Waals surface area contributed by atoms with Crippen LogP contribution in [0.5, 0.6) is 5.75 Å². The van der Waals surface area contributed by atoms with Crippen molar-refractivity contribution in [3.63, 3.8) is 0 Å². The average molecular weight is 347 g/mol. The van der Waals surface area contributed by atoms with Gasteiger partial charge in [0.25, 0.3) is 0 Å². The lowest BCUT2D eigenvalue weighted by molar-refractivity contribution is 0.0696. The number of hydrogen-bond acceptors (Lipinski definition) is 5. The second kappa shape index (κ2) is 6.49. The number of hydrogen-bond donors (Lipinski definition) is 1. The second-order valence-electron chi connectivity index (χ2n) is 5.44. The molecule has 0 aliphatic heterocycles. The minimum atomic E-state index is -1.05. The molecule has 2 heterocycles. The summed E-state index contributed by atoms with van der Waals surface area (Å²) < 4.78 is 11.0. The van der Waals surface area contributed by atoms with Gasteiger partial charge in [-0.25, -0.2) is 9.78 Å². The van der Waals surface area contributed by atoms with Crippen molar-refractivity contribution in [3.8, 4) is 5.75 Å². The van der Waals surface area contributed by atoms with E-state index in [-0.39, 0.29) is 11.5 Å². The smallest absolute Gasteiger partial charge is 0.335 e. The molecule has 1 unspecified atom stereocenters. The fourth-order valence-corrected chi connectivity index (χ4v) is 2.64. The number of oxazole rings is 1. The fraction of sp³-hybridized carbons (Fsp3) is 0.235. The van der Waals surface area contributed by atoms with Crippen LogP contribution in [0.15, 0.2) is 34.9 Å². The van der Waals surface area contributed by atoms with Crippen molar-refractivity contribution < 1.29 is 19.1 Å². The summed E-state index contributed by atoms with van der Waals surface area (Å²) in [6.07, 6.45) is 2.16. The summed E-state index contributed by atoms with van der Waals surface area (Å²) >= 11 is 5.99. The molecule has 1 aromatic carbocycles. The van der Waals surface area contributed by atoms with Gasteiger partial charge in [-0.05, 0) is 24.3 Å². The fourth-order valence-electron chi connectivity index (χ4n) is 2.47. The highest BCUT2D eigenvalue weighted by Gasteiger charge is 2.18. The van der Waals surface area contributed by atoms with E-state index in [9.17, 15) is 4.79 Å². The molecule has 1 N–H and O–H groups in total. The quantitative estimate of drug-likeness (QED) is 0.753. The zero-order valence-corrected chi connectivity index (χ0v) is 13.9. The zero-order valence-electron chi connectivity index (χ0n) is 13.1. The summed E-state index contributed by atoms with van der Waals surface area (Å²) in [6.45, 7) is 1.99. The number of nitrogens with zero attached hydrogens (tertiary/aromatic N) is 2. The number of benzene rings is 1. The molecular weight excluding hydrogens is 332 g/mol. The second-order valence-corrected chi connectivity index (χ2v) is 5.88. The highest BCUT2D eigenvalue weighted by molar-refractivity contribution is 6.30. The van der Waals surface area contributed by atoms with Gasteiger partial charge in [-0.2, -0.15) is 0 Å². The van der Waals surface area contributed by atoms with Gasteiger partial charge in [0.1, 0.15) is 5.52 Å². The number of pyridine rings is 1. The van der Waals surface area contributed by atoms with Crippen molar-refractivity contribution in [1.82, 2.24) is 9.97 Å². The SMILES string of the molecule is COc1cc(C(=O)O)cc2nc(CC(C)c3cc(Cl)ccn3)oc12. The van der Waals surface area contributed by atoms with E-state index < -0.39 is 5.97 Å². The largest absolute Gasteiger partial charge is 0.493 e. The van der Waals surface area contributed by atoms with E-state index in [0.717, 1.165) is 5.69 Å². The number of ether oxygens (including phenoxy) is 1. The summed E-state index contributed by atoms with van der Waals surface area (Å²) in [5.41, 5.74) is 1.82. The van der Waals surface area contributed by atoms with Gasteiger partial charge in [-0.3, -0.25) is 4.98 Å². The van der Waals surface area contributed by atoms with Crippen LogP contribution in [0.25, 0.3) is 11.1 Å². The molecule has 0 amide bonds. The number of aromatic carboxylic acids is 1. The monoisotopic (exact) mass is 346 g/mol. The third-order valence-electron chi connectivity index (χ3n) is 3.70. The van der Waals surface area contributed by atoms with Crippen molar-refractivity contribution in [1.29, 1.82) is 0 Å². The lowest BCUT2D eigenvalue weighted by atomic mass is 10.0. The number of aromatic nitrogens is 2. The lowest BCUT2D eigenvalue weighted by Crippen LogP contribution is -2.01. The van der Waals surface area contributed by atoms with Crippen LogP contribution in [0.1, 0.15) is 34.8 Å². The zero-order chi connectivity index (χ0) is 17.3. The van der Waals surface area contributed by atoms with E-state index in [2.05, 4.69) is 9.97 Å². The van der Waals surface area contributed by atoms with Crippen LogP contribution in [-0.2, 0) is 6.42 Å². The van der Waals surface area contributed by atoms with Gasteiger partial charge in [0.15, 0.2) is 17.2 Å². The highest BCUT2D eigenvalue weighted by Crippen LogP contribution is 2.30. The Kier molecular flexibility index (Phi) is 4.40. The number of methoxy groups -OCH3 is 1. The molecule has 0 fully saturated rings. The first-order valence-corrected chi connectivity index (χ1v) is 7.68. The number of carboxylic acid groups (broad SMARTS) is 1. The Balaban J connectivity index is 1.94. The average Bonchev–Trinajstić information content (AvgIpc) is 2.96. The van der Waals surface area contributed by atoms with Gasteiger partial charge in [-0.15, -0.1) is 0 Å². The van der Waals surface area contributed by atoms with Crippen molar-refractivity contribution in [2.45, 2.75) is 19.3 Å². The van der Waals surface area contributed by atoms with E-state index in [0.29, 0.717) is 34.2 Å². The minimum absolute atomic E-state index is 0.0432. The Morgan fingerprint density at radius 2 is 2.21 bits per heavy atom. The molecule has 0 radical (unpaired) electrons. The molecule has 3 rings (SSSR count). The maximum Gasteiger partial charge on any atom is 0.335 e. The standard InChI is InChI=1S/C17H15ClN2O4/c1-9(12-8-11(18)3-4-19-12)5-15-20-13-6-10(17(21)22)7-14(23-2)16(13)24-15/h3-4,6-9H,5H2,1-2H3,(H,21,22). The van der Waals surface area contributed by atoms with E-state index >= 15 is 0 Å². The topological polar surface area (TPSA) is 85.5 Å². The van der Waals surface area contributed by atoms with Gasteiger partial charge in [0.2, 0.25) is 0 Å². The molecule has 0 aliphatic carbocycles. The van der Waals surface area contributed by atoms with Crippen LogP contribution in [0.2, 0.25) is 5.02 Å². The molecule has 0 aliphatic rings. The van der Waals surface area contributed by atoms with Crippen molar-refractivity contribution in [3.05, 3.63) is 52.6 Å². The van der Waals surface area contributed by atoms with Crippen LogP contribution in [0.4, 0.5) is 0 Å². The first-order valence-electron chi connectivity index (χ1n) is 7.30. The molecule has 1 atom stereocenters. The van der Waals surface area contributed by atoms with Crippen LogP contribution in [0, 0.1) is 0 Å². The minimum Gasteiger partial charge on any atom is -0.493 e. The summed E-state index contributed by atoms with van der Waals surface area (Å²) in [4.78, 5) is 19.9. The van der Waals surface area contributed by atoms with Gasteiger partial charge in [0.05, 0.1) is 12.7 Å². The first kappa shape index (κ1) is 16.3. The van der Waals surface area contributed by atoms with Crippen molar-refractivity contribution in [2.75, 3.05) is 7.11 Å². The summed E-state index contributed by atoms with van der Waals surface area (Å²) in [5.74, 6) is -0.171. The number of carboxylic acids is 1. The Labute approximate surface area is 143 Å². The van der Waals surface area contributed by atoms with Gasteiger partial charge < -0.3 is 14.3 Å². The van der Waals surface area contributed by atoms with Crippen LogP contribution in [0.3, 0.4) is 0 Å². The van der Waals surface area contributed by atoms with Crippen LogP contribution < -0.4 is 4.74 Å². The third kappa shape index (κ3) is 3.19. The first-order chi connectivity index (χ1) is 11.5. The van der Waals surface area contributed by atoms with Crippen molar-refractivity contribution >= 4 is 28.7 Å². The molecule has 124 valence electrons. The molecule has 6 nitrogen and oxygen atoms in total. The van der Waals surface area contributed by atoms with Gasteiger partial charge >= 0.3 is 5.97 Å². The summed E-state index contributed by atoms with van der Waals surface area (Å²) in [5, 5.41) is 9.78. The molecular formula is C17H15ClN2O4. The molecule has 3 aromatic rings. The van der Waals surface area contributed by atoms with Gasteiger partial charge in [0, 0.05) is 29.3 Å². The third-order valence-corrected chi connectivity index (χ3v) is 3.93. The maximum atomic E-state index is 11.2. The van der Waals surface area contributed by atoms with E-state index in [4.69, 9.17) is 25.9 Å². The Morgan fingerprint density at radius 3 is 2.88 bits per heavy atom.